The van der Waals surface area contributed by atoms with Crippen molar-refractivity contribution >= 4 is 135 Å². The predicted octanol–water partition coefficient (Wildman–Crippen LogP) is -4.96. The minimum atomic E-state index is -5.08. The van der Waals surface area contributed by atoms with Gasteiger partial charge in [-0.1, -0.05) is 45.9 Å². The molecule has 0 aliphatic carbocycles. The number of benzene rings is 1. The summed E-state index contributed by atoms with van der Waals surface area (Å²) in [6.45, 7) is 9.35. The summed E-state index contributed by atoms with van der Waals surface area (Å²) in [4.78, 5) is 252. The summed E-state index contributed by atoms with van der Waals surface area (Å²) in [5.74, 6) is -24.3. The molecule has 14 amide bonds. The van der Waals surface area contributed by atoms with Gasteiger partial charge in [-0.05, 0) is 153 Å². The fourth-order valence-corrected chi connectivity index (χ4v) is 11.9. The van der Waals surface area contributed by atoms with E-state index in [4.69, 9.17) is 37.9 Å². The lowest BCUT2D eigenvalue weighted by molar-refractivity contribution is -0.192. The first-order valence-corrected chi connectivity index (χ1v) is 40.3. The van der Waals surface area contributed by atoms with E-state index < -0.39 is 273 Å². The van der Waals surface area contributed by atoms with Gasteiger partial charge in [0.05, 0.1) is 25.2 Å². The van der Waals surface area contributed by atoms with Crippen LogP contribution >= 0.6 is 11.8 Å². The molecule has 0 fully saturated rings. The van der Waals surface area contributed by atoms with Gasteiger partial charge in [-0.2, -0.15) is 24.9 Å². The summed E-state index contributed by atoms with van der Waals surface area (Å²) in [5.41, 5.74) is 24.7. The van der Waals surface area contributed by atoms with Gasteiger partial charge in [0.1, 0.15) is 78.5 Å². The molecule has 0 saturated heterocycles. The van der Waals surface area contributed by atoms with Crippen molar-refractivity contribution in [1.82, 2.24) is 74.1 Å². The number of aliphatic hydroxyl groups excluding tert-OH is 2. The zero-order chi connectivity index (χ0) is 93.0. The van der Waals surface area contributed by atoms with E-state index in [-0.39, 0.29) is 76.6 Å². The zero-order valence-electron chi connectivity index (χ0n) is 68.8. The second kappa shape index (κ2) is 55.5. The van der Waals surface area contributed by atoms with Gasteiger partial charge in [-0.15, -0.1) is 0 Å². The number of unbranched alkanes of at least 4 members (excludes halogenated alkanes) is 2. The molecule has 1 aromatic heterocycles. The summed E-state index contributed by atoms with van der Waals surface area (Å²) < 4.78 is 31.7. The number of thioether (sulfide) groups is 1. The Labute approximate surface area is 703 Å². The Hall–Kier alpha value is -11.4. The van der Waals surface area contributed by atoms with Crippen molar-refractivity contribution < 1.29 is 140 Å². The highest BCUT2D eigenvalue weighted by Gasteiger charge is 2.41. The zero-order valence-corrected chi connectivity index (χ0v) is 69.6. The number of carbonyl (C=O) groups is 19. The number of amides is 14. The summed E-state index contributed by atoms with van der Waals surface area (Å²) in [6, 6.07) is -15.4. The van der Waals surface area contributed by atoms with Crippen LogP contribution in [0.4, 0.5) is 13.2 Å². The van der Waals surface area contributed by atoms with Crippen LogP contribution in [0.1, 0.15) is 157 Å². The summed E-state index contributed by atoms with van der Waals surface area (Å²) >= 11 is 1.23. The molecule has 0 bridgehead atoms. The van der Waals surface area contributed by atoms with Gasteiger partial charge in [-0.3, -0.25) is 81.5 Å². The average Bonchev–Trinajstić information content (AvgIpc) is 1.66. The number of primary amides is 1. The molecule has 29 N–H and O–H groups in total. The standard InChI is InChI=1S/C72H116N18O24S.C2HF3O2/c1-35(2)29-50(67(108)78-37(5)59(100)80-44(17-11-13-26-73)62(103)82-47(20-23-55(94)95)65(106)87-51(30-36(3)4)69(110)90-58(39(7)92)71(112)79-38(6)60(101)85-49(72(113)114)21-24-56(96)97)86-64(105)46(19-22-54(76)93)83-68(109)52(32-57(98)99)88-66(107)48(25-28-115-8)84-63(104)45(18-12-14-27-74)81-70(111)53(34-91)89-61(102)42(75)31-40-33-77-43-16-10-9-15-41(40)43;3-2(4,5)1(6)7/h9-10,15-16,33,35-39,42,44-53,58,77,91-92H,11-14,17-32,34,73-75H2,1-8H3,(H2,76,93)(H,78,108)(H,79,112)(H,80,100)(H,81,111)(H,82,103)(H,83,109)(H,84,104)(H,85,101)(H,86,105)(H,87,106)(H,88,107)(H,89,102)(H,90,110)(H,94,95)(H,96,97)(H,98,99)(H,113,114);(H,6,7)/t37-,38-,39+,42-,44-,45-,46-,47-,48-,49-,50-,51-,52-,53-,58-;/m0./s1. The number of para-hydroxylation sites is 1. The number of carboxylic acids is 5. The number of hydrogen-bond acceptors (Lipinski definition) is 25. The predicted molar refractivity (Wildman–Crippen MR) is 429 cm³/mol. The Morgan fingerprint density at radius 1 is 0.443 bits per heavy atom. The van der Waals surface area contributed by atoms with E-state index in [1.54, 1.807) is 46.2 Å². The molecular weight excluding hydrogens is 1650 g/mol. The maximum Gasteiger partial charge on any atom is 0.490 e. The van der Waals surface area contributed by atoms with E-state index in [9.17, 15) is 125 Å². The third-order valence-corrected chi connectivity index (χ3v) is 18.7. The van der Waals surface area contributed by atoms with Crippen LogP contribution in [-0.4, -0.2) is 282 Å². The maximum atomic E-state index is 14.3. The molecule has 0 aliphatic rings. The van der Waals surface area contributed by atoms with Gasteiger partial charge in [-0.25, -0.2) is 9.59 Å². The molecule has 2 rings (SSSR count). The number of carbonyl (C=O) groups excluding carboxylic acids is 14. The molecule has 1 aromatic carbocycles. The molecule has 15 atom stereocenters. The highest BCUT2D eigenvalue weighted by atomic mass is 32.2. The highest BCUT2D eigenvalue weighted by molar-refractivity contribution is 7.98. The Balaban J connectivity index is 0.0000101. The van der Waals surface area contributed by atoms with Crippen molar-refractivity contribution in [3.63, 3.8) is 0 Å². The third-order valence-electron chi connectivity index (χ3n) is 18.0. The van der Waals surface area contributed by atoms with Crippen LogP contribution in [0.3, 0.4) is 0 Å². The van der Waals surface area contributed by atoms with Crippen LogP contribution in [0, 0.1) is 11.8 Å². The van der Waals surface area contributed by atoms with Crippen molar-refractivity contribution in [2.24, 2.45) is 34.8 Å². The molecule has 48 heteroatoms. The second-order valence-electron chi connectivity index (χ2n) is 29.4. The van der Waals surface area contributed by atoms with Gasteiger partial charge < -0.3 is 133 Å². The van der Waals surface area contributed by atoms with Gasteiger partial charge in [0, 0.05) is 36.4 Å². The number of alkyl halides is 3. The molecule has 0 radical (unpaired) electrons. The molecule has 0 aliphatic heterocycles. The quantitative estimate of drug-likeness (QED) is 0.0276. The van der Waals surface area contributed by atoms with Crippen LogP contribution in [0.15, 0.2) is 30.5 Å². The number of aliphatic carboxylic acids is 5. The smallest absolute Gasteiger partial charge is 0.481 e. The molecule has 122 heavy (non-hydrogen) atoms. The average molecular weight is 1760 g/mol. The Bertz CT molecular complexity index is 3890. The van der Waals surface area contributed by atoms with Crippen molar-refractivity contribution in [3.8, 4) is 0 Å². The van der Waals surface area contributed by atoms with Crippen LogP contribution in [0.2, 0.25) is 0 Å². The number of aromatic amines is 1. The minimum absolute atomic E-state index is 0.0419. The fourth-order valence-electron chi connectivity index (χ4n) is 11.4. The SMILES string of the molecule is CSCC[C@H](NC(=O)[C@H](CCCCN)NC(=O)[C@H](CO)NC(=O)[C@@H](N)Cc1c[nH]c2ccccc12)C(=O)N[C@@H](CC(=O)O)C(=O)N[C@@H](CCC(N)=O)C(=O)N[C@@H](CC(C)C)C(=O)N[C@@H](C)C(=O)N[C@@H](CCCCN)C(=O)N[C@@H](CCC(=O)O)C(=O)N[C@@H](CC(C)C)C(=O)N[C@H](C(=O)N[C@@H](C)C(=O)N[C@@H](CCC(=O)O)C(=O)O)[C@@H](C)O.O=C(O)C(F)(F)F. The van der Waals surface area contributed by atoms with Crippen LogP contribution in [0.25, 0.3) is 10.9 Å². The monoisotopic (exact) mass is 1760 g/mol. The molecule has 1 heterocycles. The summed E-state index contributed by atoms with van der Waals surface area (Å²) in [5, 5.41) is 98.0. The number of nitrogens with one attached hydrogen (secondary N) is 14. The Morgan fingerprint density at radius 2 is 0.803 bits per heavy atom. The van der Waals surface area contributed by atoms with E-state index in [2.05, 4.69) is 74.1 Å². The van der Waals surface area contributed by atoms with E-state index in [0.29, 0.717) is 12.0 Å². The topological polar surface area (TPSA) is 742 Å². The Morgan fingerprint density at radius 3 is 1.20 bits per heavy atom. The number of fused-ring (bicyclic) bond motifs is 1. The second-order valence-corrected chi connectivity index (χ2v) is 30.4. The molecule has 2 aromatic rings. The number of hydrogen-bond donors (Lipinski definition) is 25. The summed E-state index contributed by atoms with van der Waals surface area (Å²) in [6.07, 6.45) is -7.86. The highest BCUT2D eigenvalue weighted by Crippen LogP contribution is 2.20. The Kier molecular flexibility index (Phi) is 49.5. The third kappa shape index (κ3) is 41.7. The number of H-pyrrole nitrogens is 1. The van der Waals surface area contributed by atoms with Gasteiger partial charge >= 0.3 is 36.0 Å². The van der Waals surface area contributed by atoms with E-state index >= 15 is 0 Å². The number of aliphatic hydroxyl groups is 2. The lowest BCUT2D eigenvalue weighted by atomic mass is 10.0. The lowest BCUT2D eigenvalue weighted by Crippen LogP contribution is -2.61. The number of rotatable bonds is 57. The first-order valence-electron chi connectivity index (χ1n) is 38.9. The van der Waals surface area contributed by atoms with Crippen molar-refractivity contribution in [1.29, 1.82) is 0 Å². The van der Waals surface area contributed by atoms with Crippen molar-refractivity contribution in [2.75, 3.05) is 31.7 Å². The van der Waals surface area contributed by atoms with Gasteiger partial charge in [0.15, 0.2) is 0 Å². The van der Waals surface area contributed by atoms with E-state index in [0.717, 1.165) is 24.8 Å². The number of aromatic nitrogens is 1. The number of nitrogens with two attached hydrogens (primary N) is 4. The van der Waals surface area contributed by atoms with Crippen LogP contribution < -0.4 is 92.1 Å². The normalized spacial score (nSPS) is 14.9. The van der Waals surface area contributed by atoms with Crippen LogP contribution in [-0.2, 0) is 97.5 Å². The maximum absolute atomic E-state index is 14.3. The van der Waals surface area contributed by atoms with Crippen molar-refractivity contribution in [3.05, 3.63) is 36.0 Å². The van der Waals surface area contributed by atoms with E-state index in [1.165, 1.54) is 18.7 Å². The van der Waals surface area contributed by atoms with Gasteiger partial charge in [0.2, 0.25) is 82.7 Å². The van der Waals surface area contributed by atoms with Gasteiger partial charge in [0.25, 0.3) is 0 Å². The number of carboxylic acid groups (broad SMARTS) is 5. The van der Waals surface area contributed by atoms with E-state index in [1.807, 2.05) is 18.2 Å². The molecule has 0 saturated carbocycles. The fraction of sp³-hybridized carbons (Fsp3) is 0.635. The molecule has 686 valence electrons. The van der Waals surface area contributed by atoms with Crippen molar-refractivity contribution in [2.45, 2.75) is 254 Å². The summed E-state index contributed by atoms with van der Waals surface area (Å²) in [7, 11) is 0. The number of halogens is 3. The molecular formula is C74H117F3N18O26S. The lowest BCUT2D eigenvalue weighted by Gasteiger charge is -2.29. The first-order chi connectivity index (χ1) is 57.0. The minimum Gasteiger partial charge on any atom is -0.481 e. The van der Waals surface area contributed by atoms with Crippen LogP contribution in [0.5, 0.6) is 0 Å². The molecule has 0 unspecified atom stereocenters. The largest absolute Gasteiger partial charge is 0.490 e. The molecule has 0 spiro atoms. The molecule has 44 nitrogen and oxygen atoms in total. The first kappa shape index (κ1) is 109.